The lowest BCUT2D eigenvalue weighted by molar-refractivity contribution is -0.385. The first kappa shape index (κ1) is 12.5. The molecule has 0 bridgehead atoms. The van der Waals surface area contributed by atoms with Gasteiger partial charge in [-0.15, -0.1) is 11.3 Å². The highest BCUT2D eigenvalue weighted by atomic mass is 32.2. The van der Waals surface area contributed by atoms with Gasteiger partial charge in [0.25, 0.3) is 5.69 Å². The fourth-order valence-electron chi connectivity index (χ4n) is 1.24. The van der Waals surface area contributed by atoms with Crippen LogP contribution in [0.5, 0.6) is 0 Å². The van der Waals surface area contributed by atoms with Gasteiger partial charge in [-0.1, -0.05) is 11.8 Å². The zero-order valence-corrected chi connectivity index (χ0v) is 10.4. The van der Waals surface area contributed by atoms with Gasteiger partial charge in [0.05, 0.1) is 10.5 Å². The molecule has 0 aliphatic rings. The molecule has 0 radical (unpaired) electrons. The van der Waals surface area contributed by atoms with E-state index in [0.717, 1.165) is 11.8 Å². The number of non-ortho nitro benzene ring substituents is 1. The number of benzene rings is 1. The summed E-state index contributed by atoms with van der Waals surface area (Å²) in [5.74, 6) is -1.12. The molecule has 0 unspecified atom stereocenters. The Bertz CT molecular complexity index is 598. The summed E-state index contributed by atoms with van der Waals surface area (Å²) >= 11 is 2.44. The van der Waals surface area contributed by atoms with Gasteiger partial charge < -0.3 is 5.11 Å². The fraction of sp³-hybridized carbons (Fsp3) is 0. The number of rotatable bonds is 4. The minimum absolute atomic E-state index is 0.0285. The highest BCUT2D eigenvalue weighted by Gasteiger charge is 2.16. The van der Waals surface area contributed by atoms with E-state index in [2.05, 4.69) is 4.98 Å². The Balaban J connectivity index is 2.43. The Kier molecular flexibility index (Phi) is 3.58. The van der Waals surface area contributed by atoms with Crippen LogP contribution in [0.15, 0.2) is 39.0 Å². The van der Waals surface area contributed by atoms with Crippen LogP contribution in [0.3, 0.4) is 0 Å². The summed E-state index contributed by atoms with van der Waals surface area (Å²) in [6, 6.07) is 3.65. The predicted octanol–water partition coefficient (Wildman–Crippen LogP) is 2.90. The van der Waals surface area contributed by atoms with Gasteiger partial charge in [0.1, 0.15) is 0 Å². The minimum Gasteiger partial charge on any atom is -0.478 e. The number of nitrogens with zero attached hydrogens (tertiary/aromatic N) is 2. The first-order chi connectivity index (χ1) is 8.58. The molecular weight excluding hydrogens is 276 g/mol. The van der Waals surface area contributed by atoms with E-state index in [1.54, 1.807) is 11.6 Å². The van der Waals surface area contributed by atoms with Crippen LogP contribution in [0.1, 0.15) is 10.4 Å². The molecule has 1 heterocycles. The van der Waals surface area contributed by atoms with Crippen molar-refractivity contribution in [2.45, 2.75) is 9.24 Å². The van der Waals surface area contributed by atoms with Crippen molar-refractivity contribution in [2.75, 3.05) is 0 Å². The number of carboxylic acids is 1. The number of nitro benzene ring substituents is 1. The van der Waals surface area contributed by atoms with Crippen molar-refractivity contribution in [1.29, 1.82) is 0 Å². The molecule has 0 amide bonds. The lowest BCUT2D eigenvalue weighted by Crippen LogP contribution is -2.00. The van der Waals surface area contributed by atoms with Crippen LogP contribution in [0.25, 0.3) is 0 Å². The smallest absolute Gasteiger partial charge is 0.336 e. The second-order valence-corrected chi connectivity index (χ2v) is 5.33. The molecule has 0 saturated carbocycles. The van der Waals surface area contributed by atoms with Gasteiger partial charge >= 0.3 is 5.97 Å². The zero-order chi connectivity index (χ0) is 13.1. The number of aromatic nitrogens is 1. The van der Waals surface area contributed by atoms with E-state index in [0.29, 0.717) is 9.24 Å². The summed E-state index contributed by atoms with van der Waals surface area (Å²) < 4.78 is 0.637. The van der Waals surface area contributed by atoms with Crippen LogP contribution in [-0.4, -0.2) is 21.0 Å². The number of carboxylic acid groups (broad SMARTS) is 1. The number of aromatic carboxylic acids is 1. The molecule has 18 heavy (non-hydrogen) atoms. The monoisotopic (exact) mass is 282 g/mol. The standard InChI is InChI=1S/C10H6N2O4S2/c13-9(14)7-2-1-6(12(15)16)5-8(7)18-10-11-3-4-17-10/h1-5H,(H,13,14). The van der Waals surface area contributed by atoms with Gasteiger partial charge in [-0.2, -0.15) is 0 Å². The van der Waals surface area contributed by atoms with Gasteiger partial charge in [0.15, 0.2) is 4.34 Å². The average molecular weight is 282 g/mol. The molecule has 1 aromatic carbocycles. The Labute approximate surface area is 109 Å². The van der Waals surface area contributed by atoms with Crippen LogP contribution in [-0.2, 0) is 0 Å². The van der Waals surface area contributed by atoms with Crippen molar-refractivity contribution < 1.29 is 14.8 Å². The van der Waals surface area contributed by atoms with Crippen LogP contribution >= 0.6 is 23.1 Å². The highest BCUT2D eigenvalue weighted by Crippen LogP contribution is 2.34. The van der Waals surface area contributed by atoms with E-state index in [9.17, 15) is 14.9 Å². The van der Waals surface area contributed by atoms with E-state index in [1.165, 1.54) is 29.5 Å². The van der Waals surface area contributed by atoms with Crippen molar-refractivity contribution in [1.82, 2.24) is 4.98 Å². The highest BCUT2D eigenvalue weighted by molar-refractivity contribution is 8.01. The molecule has 0 aliphatic carbocycles. The molecule has 2 rings (SSSR count). The molecule has 0 fully saturated rings. The molecule has 0 saturated heterocycles. The first-order valence-corrected chi connectivity index (χ1v) is 6.36. The fourth-order valence-corrected chi connectivity index (χ4v) is 2.98. The molecule has 1 aromatic heterocycles. The summed E-state index contributed by atoms with van der Waals surface area (Å²) in [5.41, 5.74) is -0.111. The average Bonchev–Trinajstić information content (AvgIpc) is 2.81. The Morgan fingerprint density at radius 1 is 1.50 bits per heavy atom. The first-order valence-electron chi connectivity index (χ1n) is 4.67. The second-order valence-electron chi connectivity index (χ2n) is 3.14. The van der Waals surface area contributed by atoms with E-state index in [1.807, 2.05) is 0 Å². The largest absolute Gasteiger partial charge is 0.478 e. The Hall–Kier alpha value is -1.93. The molecule has 2 aromatic rings. The summed E-state index contributed by atoms with van der Waals surface area (Å²) in [6.07, 6.45) is 1.59. The van der Waals surface area contributed by atoms with E-state index >= 15 is 0 Å². The van der Waals surface area contributed by atoms with Crippen LogP contribution in [0.4, 0.5) is 5.69 Å². The molecule has 0 atom stereocenters. The van der Waals surface area contributed by atoms with Crippen LogP contribution in [0.2, 0.25) is 0 Å². The maximum Gasteiger partial charge on any atom is 0.336 e. The third-order valence-electron chi connectivity index (χ3n) is 2.01. The predicted molar refractivity (Wildman–Crippen MR) is 66.3 cm³/mol. The molecular formula is C10H6N2O4S2. The Morgan fingerprint density at radius 2 is 2.28 bits per heavy atom. The summed E-state index contributed by atoms with van der Waals surface area (Å²) in [6.45, 7) is 0. The maximum absolute atomic E-state index is 11.0. The third-order valence-corrected chi connectivity index (χ3v) is 3.95. The lowest BCUT2D eigenvalue weighted by Gasteiger charge is -2.03. The number of thiazole rings is 1. The second kappa shape index (κ2) is 5.15. The zero-order valence-electron chi connectivity index (χ0n) is 8.77. The maximum atomic E-state index is 11.0. The van der Waals surface area contributed by atoms with Crippen molar-refractivity contribution in [3.05, 3.63) is 45.5 Å². The summed E-state index contributed by atoms with van der Waals surface area (Å²) in [5, 5.41) is 21.4. The van der Waals surface area contributed by atoms with Crippen LogP contribution in [0, 0.1) is 10.1 Å². The quantitative estimate of drug-likeness (QED) is 0.684. The van der Waals surface area contributed by atoms with Crippen molar-refractivity contribution in [3.8, 4) is 0 Å². The molecule has 0 aliphatic heterocycles. The van der Waals surface area contributed by atoms with E-state index in [-0.39, 0.29) is 11.3 Å². The normalized spacial score (nSPS) is 10.2. The molecule has 8 heteroatoms. The number of carbonyl (C=O) groups is 1. The number of nitro groups is 1. The van der Waals surface area contributed by atoms with Gasteiger partial charge in [0.2, 0.25) is 0 Å². The molecule has 1 N–H and O–H groups in total. The lowest BCUT2D eigenvalue weighted by atomic mass is 10.2. The number of hydrogen-bond donors (Lipinski definition) is 1. The van der Waals surface area contributed by atoms with Crippen molar-refractivity contribution in [3.63, 3.8) is 0 Å². The Morgan fingerprint density at radius 3 is 2.83 bits per heavy atom. The molecule has 6 nitrogen and oxygen atoms in total. The van der Waals surface area contributed by atoms with Gasteiger partial charge in [-0.05, 0) is 6.07 Å². The summed E-state index contributed by atoms with van der Waals surface area (Å²) in [4.78, 5) is 25.5. The summed E-state index contributed by atoms with van der Waals surface area (Å²) in [7, 11) is 0. The van der Waals surface area contributed by atoms with Gasteiger partial charge in [-0.25, -0.2) is 9.78 Å². The van der Waals surface area contributed by atoms with Gasteiger partial charge in [0, 0.05) is 28.6 Å². The van der Waals surface area contributed by atoms with E-state index < -0.39 is 10.9 Å². The van der Waals surface area contributed by atoms with Crippen molar-refractivity contribution >= 4 is 34.8 Å². The van der Waals surface area contributed by atoms with Crippen molar-refractivity contribution in [2.24, 2.45) is 0 Å². The topological polar surface area (TPSA) is 93.3 Å². The van der Waals surface area contributed by atoms with Gasteiger partial charge in [-0.3, -0.25) is 10.1 Å². The number of hydrogen-bond acceptors (Lipinski definition) is 6. The molecule has 92 valence electrons. The van der Waals surface area contributed by atoms with Crippen LogP contribution < -0.4 is 0 Å². The third kappa shape index (κ3) is 2.66. The SMILES string of the molecule is O=C(O)c1ccc([N+](=O)[O-])cc1Sc1nccs1. The minimum atomic E-state index is -1.12. The van der Waals surface area contributed by atoms with E-state index in [4.69, 9.17) is 5.11 Å². The molecule has 0 spiro atoms.